The second kappa shape index (κ2) is 9.62. The summed E-state index contributed by atoms with van der Waals surface area (Å²) in [6.45, 7) is 0.0792. The third kappa shape index (κ3) is 5.39. The van der Waals surface area contributed by atoms with Crippen LogP contribution in [0.15, 0.2) is 17.1 Å². The first kappa shape index (κ1) is 22.5. The third-order valence-corrected chi connectivity index (χ3v) is 4.96. The van der Waals surface area contributed by atoms with Crippen LogP contribution in [0.3, 0.4) is 0 Å². The maximum atomic E-state index is 13.6. The second-order valence-electron chi connectivity index (χ2n) is 7.24. The minimum atomic E-state index is -1.65. The van der Waals surface area contributed by atoms with Gasteiger partial charge >= 0.3 is 0 Å². The molecule has 0 heterocycles. The van der Waals surface area contributed by atoms with Crippen LogP contribution < -0.4 is 16.0 Å². The van der Waals surface area contributed by atoms with Gasteiger partial charge < -0.3 is 20.9 Å². The molecule has 0 aliphatic heterocycles. The molecule has 160 valence electrons. The molecule has 7 nitrogen and oxygen atoms in total. The maximum Gasteiger partial charge on any atom is 0.243 e. The second-order valence-corrected chi connectivity index (χ2v) is 7.24. The van der Waals surface area contributed by atoms with Crippen molar-refractivity contribution in [2.24, 2.45) is 10.4 Å². The summed E-state index contributed by atoms with van der Waals surface area (Å²) < 4.78 is 39.8. The number of hydrogen-bond donors (Lipinski definition) is 3. The number of nitrogens with one attached hydrogen (secondary N) is 3. The lowest BCUT2D eigenvalue weighted by molar-refractivity contribution is -0.138. The van der Waals surface area contributed by atoms with Crippen molar-refractivity contribution in [1.29, 1.82) is 0 Å². The van der Waals surface area contributed by atoms with E-state index in [0.717, 1.165) is 37.8 Å². The number of nitrogens with zero attached hydrogens (tertiary/aromatic N) is 2. The number of rotatable bonds is 6. The van der Waals surface area contributed by atoms with E-state index in [-0.39, 0.29) is 12.5 Å². The molecule has 29 heavy (non-hydrogen) atoms. The molecule has 0 spiro atoms. The van der Waals surface area contributed by atoms with E-state index in [1.54, 1.807) is 19.0 Å². The van der Waals surface area contributed by atoms with Crippen LogP contribution in [-0.2, 0) is 9.59 Å². The predicted molar refractivity (Wildman–Crippen MR) is 104 cm³/mol. The van der Waals surface area contributed by atoms with Crippen LogP contribution >= 0.6 is 0 Å². The van der Waals surface area contributed by atoms with Gasteiger partial charge in [0.05, 0.1) is 17.6 Å². The molecule has 1 saturated carbocycles. The lowest BCUT2D eigenvalue weighted by Crippen LogP contribution is -2.50. The van der Waals surface area contributed by atoms with E-state index in [4.69, 9.17) is 0 Å². The number of carbonyl (C=O) groups excluding carboxylic acids is 2. The van der Waals surface area contributed by atoms with Crippen molar-refractivity contribution < 1.29 is 22.8 Å². The van der Waals surface area contributed by atoms with Gasteiger partial charge in [0.1, 0.15) is 0 Å². The fourth-order valence-electron chi connectivity index (χ4n) is 3.45. The first-order valence-electron chi connectivity index (χ1n) is 9.30. The number of anilines is 1. The summed E-state index contributed by atoms with van der Waals surface area (Å²) in [5.41, 5.74) is -0.974. The molecule has 0 atom stereocenters. The Balaban J connectivity index is 1.91. The van der Waals surface area contributed by atoms with Crippen LogP contribution in [-0.4, -0.2) is 56.9 Å². The zero-order chi connectivity index (χ0) is 21.6. The van der Waals surface area contributed by atoms with Gasteiger partial charge in [-0.1, -0.05) is 12.8 Å². The normalized spacial score (nSPS) is 15.7. The molecule has 2 amide bonds. The van der Waals surface area contributed by atoms with Crippen molar-refractivity contribution in [3.8, 4) is 0 Å². The summed E-state index contributed by atoms with van der Waals surface area (Å²) in [5, 5.41) is 7.99. The molecule has 1 fully saturated rings. The molecule has 3 N–H and O–H groups in total. The number of amides is 2. The van der Waals surface area contributed by atoms with E-state index in [0.29, 0.717) is 12.5 Å². The first-order valence-corrected chi connectivity index (χ1v) is 9.30. The minimum absolute atomic E-state index is 0.0458. The van der Waals surface area contributed by atoms with Crippen molar-refractivity contribution in [2.75, 3.05) is 39.5 Å². The average Bonchev–Trinajstić information content (AvgIpc) is 3.18. The van der Waals surface area contributed by atoms with Crippen molar-refractivity contribution in [3.63, 3.8) is 0 Å². The molecule has 2 rings (SSSR count). The molecule has 1 aromatic carbocycles. The van der Waals surface area contributed by atoms with Gasteiger partial charge in [-0.2, -0.15) is 0 Å². The lowest BCUT2D eigenvalue weighted by atomic mass is 9.84. The Labute approximate surface area is 167 Å². The molecule has 0 saturated heterocycles. The monoisotopic (exact) mass is 413 g/mol. The largest absolute Gasteiger partial charge is 0.355 e. The summed E-state index contributed by atoms with van der Waals surface area (Å²) >= 11 is 0. The first-order chi connectivity index (χ1) is 13.7. The van der Waals surface area contributed by atoms with Gasteiger partial charge in [-0.15, -0.1) is 0 Å². The number of carbonyl (C=O) groups is 2. The fourth-order valence-corrected chi connectivity index (χ4v) is 3.45. The smallest absolute Gasteiger partial charge is 0.243 e. The molecule has 1 aliphatic rings. The number of halogens is 3. The zero-order valence-electron chi connectivity index (χ0n) is 16.7. The van der Waals surface area contributed by atoms with Gasteiger partial charge in [-0.05, 0) is 25.0 Å². The predicted octanol–water partition coefficient (Wildman–Crippen LogP) is 1.86. The SMILES string of the molecule is CN=C(NCC(=O)Nc1ccc(F)c(F)c1F)NCC1(C(=O)N(C)C)CCCC1. The molecule has 10 heteroatoms. The number of hydrogen-bond acceptors (Lipinski definition) is 3. The summed E-state index contributed by atoms with van der Waals surface area (Å²) in [7, 11) is 4.95. The molecule has 0 unspecified atom stereocenters. The quantitative estimate of drug-likeness (QED) is 0.378. The van der Waals surface area contributed by atoms with Gasteiger partial charge in [0.2, 0.25) is 11.8 Å². The fraction of sp³-hybridized carbons (Fsp3) is 0.526. The number of guanidine groups is 1. The van der Waals surface area contributed by atoms with Crippen molar-refractivity contribution in [2.45, 2.75) is 25.7 Å². The Morgan fingerprint density at radius 3 is 2.34 bits per heavy atom. The summed E-state index contributed by atoms with van der Waals surface area (Å²) in [6.07, 6.45) is 3.47. The van der Waals surface area contributed by atoms with Crippen molar-refractivity contribution >= 4 is 23.5 Å². The Hall–Kier alpha value is -2.78. The standard InChI is InChI=1S/C19H26F3N5O2/c1-23-18(25-11-19(8-4-5-9-19)17(29)27(2)3)24-10-14(28)26-13-7-6-12(20)15(21)16(13)22/h6-7H,4-5,8-11H2,1-3H3,(H,26,28)(H2,23,24,25). The molecule has 0 aromatic heterocycles. The summed E-state index contributed by atoms with van der Waals surface area (Å²) in [5.74, 6) is -4.78. The van der Waals surface area contributed by atoms with E-state index in [9.17, 15) is 22.8 Å². The average molecular weight is 413 g/mol. The Morgan fingerprint density at radius 2 is 1.76 bits per heavy atom. The highest BCUT2D eigenvalue weighted by molar-refractivity contribution is 5.95. The molecule has 1 aromatic rings. The van der Waals surface area contributed by atoms with E-state index in [1.807, 2.05) is 0 Å². The van der Waals surface area contributed by atoms with E-state index in [1.165, 1.54) is 7.05 Å². The van der Waals surface area contributed by atoms with Gasteiger partial charge in [-0.3, -0.25) is 14.6 Å². The molecule has 0 bridgehead atoms. The van der Waals surface area contributed by atoms with Gasteiger partial charge in [-0.25, -0.2) is 13.2 Å². The molecular weight excluding hydrogens is 387 g/mol. The number of aliphatic imine (C=N–C) groups is 1. The summed E-state index contributed by atoms with van der Waals surface area (Å²) in [6, 6.07) is 1.67. The van der Waals surface area contributed by atoms with Crippen LogP contribution in [0.2, 0.25) is 0 Å². The van der Waals surface area contributed by atoms with Crippen LogP contribution in [0.1, 0.15) is 25.7 Å². The Morgan fingerprint density at radius 1 is 1.10 bits per heavy atom. The summed E-state index contributed by atoms with van der Waals surface area (Å²) in [4.78, 5) is 30.2. The van der Waals surface area contributed by atoms with E-state index < -0.39 is 34.5 Å². The topological polar surface area (TPSA) is 85.8 Å². The van der Waals surface area contributed by atoms with Crippen LogP contribution in [0.4, 0.5) is 18.9 Å². The minimum Gasteiger partial charge on any atom is -0.355 e. The van der Waals surface area contributed by atoms with Crippen LogP contribution in [0.5, 0.6) is 0 Å². The van der Waals surface area contributed by atoms with Crippen LogP contribution in [0, 0.1) is 22.9 Å². The van der Waals surface area contributed by atoms with Crippen molar-refractivity contribution in [1.82, 2.24) is 15.5 Å². The highest BCUT2D eigenvalue weighted by Crippen LogP contribution is 2.38. The molecule has 1 aliphatic carbocycles. The Kier molecular flexibility index (Phi) is 7.46. The third-order valence-electron chi connectivity index (χ3n) is 4.96. The molecular formula is C19H26F3N5O2. The Bertz CT molecular complexity index is 792. The molecule has 0 radical (unpaired) electrons. The van der Waals surface area contributed by atoms with E-state index in [2.05, 4.69) is 20.9 Å². The lowest BCUT2D eigenvalue weighted by Gasteiger charge is -2.31. The van der Waals surface area contributed by atoms with E-state index >= 15 is 0 Å². The van der Waals surface area contributed by atoms with Gasteiger partial charge in [0, 0.05) is 27.7 Å². The zero-order valence-corrected chi connectivity index (χ0v) is 16.7. The maximum absolute atomic E-state index is 13.6. The highest BCUT2D eigenvalue weighted by Gasteiger charge is 2.42. The van der Waals surface area contributed by atoms with Crippen molar-refractivity contribution in [3.05, 3.63) is 29.6 Å². The van der Waals surface area contributed by atoms with Gasteiger partial charge in [0.25, 0.3) is 0 Å². The number of benzene rings is 1. The van der Waals surface area contributed by atoms with Gasteiger partial charge in [0.15, 0.2) is 23.4 Å². The highest BCUT2D eigenvalue weighted by atomic mass is 19.2. The van der Waals surface area contributed by atoms with Crippen LogP contribution in [0.25, 0.3) is 0 Å².